The lowest BCUT2D eigenvalue weighted by Gasteiger charge is -2.00. The Balaban J connectivity index is 2.25. The van der Waals surface area contributed by atoms with Crippen LogP contribution in [0.3, 0.4) is 0 Å². The molecule has 0 saturated carbocycles. The van der Waals surface area contributed by atoms with Crippen molar-refractivity contribution in [2.75, 3.05) is 13.7 Å². The van der Waals surface area contributed by atoms with Crippen molar-refractivity contribution in [1.29, 1.82) is 0 Å². The first-order valence-electron chi connectivity index (χ1n) is 4.81. The highest BCUT2D eigenvalue weighted by Gasteiger charge is 2.10. The van der Waals surface area contributed by atoms with Gasteiger partial charge in [0, 0.05) is 13.3 Å². The third-order valence-corrected chi connectivity index (χ3v) is 2.43. The fourth-order valence-electron chi connectivity index (χ4n) is 1.41. The summed E-state index contributed by atoms with van der Waals surface area (Å²) in [6, 6.07) is 0. The molecule has 0 amide bonds. The maximum Gasteiger partial charge on any atom is 0.229 e. The summed E-state index contributed by atoms with van der Waals surface area (Å²) in [5.74, 6) is 0.733. The zero-order valence-corrected chi connectivity index (χ0v) is 9.85. The Hall–Kier alpha value is -1.40. The van der Waals surface area contributed by atoms with Crippen molar-refractivity contribution in [3.8, 4) is 5.69 Å². The molecule has 0 saturated heterocycles. The molecule has 2 heterocycles. The number of aryl methyl sites for hydroxylation is 1. The molecule has 0 radical (unpaired) electrons. The molecule has 0 atom stereocenters. The standard InChI is InChI=1S/C9H12ClN5O/c1-7-12-13-9(10)15(7)8-5-11-14(6-8)3-4-16-2/h5-6H,3-4H2,1-2H3. The van der Waals surface area contributed by atoms with Gasteiger partial charge in [-0.2, -0.15) is 5.10 Å². The van der Waals surface area contributed by atoms with Crippen molar-refractivity contribution >= 4 is 11.6 Å². The van der Waals surface area contributed by atoms with Gasteiger partial charge in [0.05, 0.1) is 25.0 Å². The molecular formula is C9H12ClN5O. The Labute approximate surface area is 97.8 Å². The van der Waals surface area contributed by atoms with Crippen LogP contribution in [0.25, 0.3) is 5.69 Å². The Morgan fingerprint density at radius 1 is 1.44 bits per heavy atom. The Bertz CT molecular complexity index is 458. The largest absolute Gasteiger partial charge is 0.383 e. The number of methoxy groups -OCH3 is 1. The van der Waals surface area contributed by atoms with Gasteiger partial charge in [-0.15, -0.1) is 10.2 Å². The van der Waals surface area contributed by atoms with Crippen LogP contribution in [0, 0.1) is 6.92 Å². The highest BCUT2D eigenvalue weighted by atomic mass is 35.5. The van der Waals surface area contributed by atoms with E-state index >= 15 is 0 Å². The van der Waals surface area contributed by atoms with Crippen molar-refractivity contribution in [3.05, 3.63) is 23.5 Å². The molecule has 16 heavy (non-hydrogen) atoms. The minimum atomic E-state index is 0.337. The molecule has 0 fully saturated rings. The summed E-state index contributed by atoms with van der Waals surface area (Å²) in [6.45, 7) is 3.16. The zero-order valence-electron chi connectivity index (χ0n) is 9.09. The molecule has 0 aliphatic rings. The van der Waals surface area contributed by atoms with Crippen LogP contribution in [0.5, 0.6) is 0 Å². The molecule has 0 spiro atoms. The van der Waals surface area contributed by atoms with E-state index in [-0.39, 0.29) is 0 Å². The van der Waals surface area contributed by atoms with Crippen molar-refractivity contribution < 1.29 is 4.74 Å². The maximum absolute atomic E-state index is 5.92. The van der Waals surface area contributed by atoms with E-state index in [0.717, 1.165) is 11.5 Å². The van der Waals surface area contributed by atoms with Crippen molar-refractivity contribution in [2.24, 2.45) is 0 Å². The predicted octanol–water partition coefficient (Wildman–Crippen LogP) is 1.07. The highest BCUT2D eigenvalue weighted by Crippen LogP contribution is 2.15. The van der Waals surface area contributed by atoms with Gasteiger partial charge in [0.1, 0.15) is 5.82 Å². The van der Waals surface area contributed by atoms with Gasteiger partial charge in [-0.3, -0.25) is 9.25 Å². The molecule has 0 aliphatic carbocycles. The van der Waals surface area contributed by atoms with Gasteiger partial charge in [0.2, 0.25) is 5.28 Å². The average molecular weight is 242 g/mol. The number of nitrogens with zero attached hydrogens (tertiary/aromatic N) is 5. The van der Waals surface area contributed by atoms with Crippen LogP contribution in [-0.4, -0.2) is 38.3 Å². The number of aromatic nitrogens is 5. The number of ether oxygens (including phenoxy) is 1. The molecule has 0 aromatic carbocycles. The van der Waals surface area contributed by atoms with E-state index in [9.17, 15) is 0 Å². The maximum atomic E-state index is 5.92. The second-order valence-electron chi connectivity index (χ2n) is 3.31. The molecule has 0 N–H and O–H groups in total. The van der Waals surface area contributed by atoms with Gasteiger partial charge in [-0.1, -0.05) is 0 Å². The van der Waals surface area contributed by atoms with Gasteiger partial charge < -0.3 is 4.74 Å². The topological polar surface area (TPSA) is 57.8 Å². The second-order valence-corrected chi connectivity index (χ2v) is 3.64. The van der Waals surface area contributed by atoms with Crippen molar-refractivity contribution in [2.45, 2.75) is 13.5 Å². The summed E-state index contributed by atoms with van der Waals surface area (Å²) < 4.78 is 8.50. The number of hydrogen-bond acceptors (Lipinski definition) is 4. The monoisotopic (exact) mass is 241 g/mol. The Kier molecular flexibility index (Phi) is 3.21. The molecule has 2 aromatic heterocycles. The lowest BCUT2D eigenvalue weighted by atomic mass is 10.5. The van der Waals surface area contributed by atoms with E-state index in [4.69, 9.17) is 16.3 Å². The number of rotatable bonds is 4. The van der Waals surface area contributed by atoms with E-state index < -0.39 is 0 Å². The predicted molar refractivity (Wildman–Crippen MR) is 58.8 cm³/mol. The van der Waals surface area contributed by atoms with Gasteiger partial charge >= 0.3 is 0 Å². The summed E-state index contributed by atoms with van der Waals surface area (Å²) in [7, 11) is 1.66. The van der Waals surface area contributed by atoms with Crippen LogP contribution in [0.2, 0.25) is 5.28 Å². The van der Waals surface area contributed by atoms with Crippen LogP contribution >= 0.6 is 11.6 Å². The molecule has 0 bridgehead atoms. The van der Waals surface area contributed by atoms with E-state index in [1.54, 1.807) is 22.6 Å². The first-order chi connectivity index (χ1) is 7.72. The molecule has 2 rings (SSSR count). The molecular weight excluding hydrogens is 230 g/mol. The summed E-state index contributed by atoms with van der Waals surface area (Å²) in [6.07, 6.45) is 3.60. The smallest absolute Gasteiger partial charge is 0.229 e. The van der Waals surface area contributed by atoms with Crippen LogP contribution in [0.1, 0.15) is 5.82 Å². The highest BCUT2D eigenvalue weighted by molar-refractivity contribution is 6.28. The minimum absolute atomic E-state index is 0.337. The van der Waals surface area contributed by atoms with E-state index in [0.29, 0.717) is 18.4 Å². The second kappa shape index (κ2) is 4.63. The number of halogens is 1. The van der Waals surface area contributed by atoms with Gasteiger partial charge in [0.25, 0.3) is 0 Å². The lowest BCUT2D eigenvalue weighted by molar-refractivity contribution is 0.183. The third-order valence-electron chi connectivity index (χ3n) is 2.19. The van der Waals surface area contributed by atoms with Crippen molar-refractivity contribution in [3.63, 3.8) is 0 Å². The molecule has 7 heteroatoms. The van der Waals surface area contributed by atoms with E-state index in [1.165, 1.54) is 0 Å². The van der Waals surface area contributed by atoms with Crippen LogP contribution in [0.15, 0.2) is 12.4 Å². The Morgan fingerprint density at radius 2 is 2.25 bits per heavy atom. The summed E-state index contributed by atoms with van der Waals surface area (Å²) >= 11 is 5.92. The fourth-order valence-corrected chi connectivity index (χ4v) is 1.66. The van der Waals surface area contributed by atoms with Crippen LogP contribution in [0.4, 0.5) is 0 Å². The lowest BCUT2D eigenvalue weighted by Crippen LogP contribution is -2.04. The third kappa shape index (κ3) is 2.07. The molecule has 86 valence electrons. The van der Waals surface area contributed by atoms with Gasteiger partial charge in [-0.05, 0) is 18.5 Å². The summed E-state index contributed by atoms with van der Waals surface area (Å²) in [5.41, 5.74) is 0.851. The molecule has 0 aliphatic heterocycles. The SMILES string of the molecule is COCCn1cc(-n2c(C)nnc2Cl)cn1. The quantitative estimate of drug-likeness (QED) is 0.804. The summed E-state index contributed by atoms with van der Waals surface area (Å²) in [4.78, 5) is 0. The first kappa shape index (κ1) is 11.1. The van der Waals surface area contributed by atoms with Crippen molar-refractivity contribution in [1.82, 2.24) is 24.5 Å². The fraction of sp³-hybridized carbons (Fsp3) is 0.444. The molecule has 0 unspecified atom stereocenters. The molecule has 2 aromatic rings. The number of hydrogen-bond donors (Lipinski definition) is 0. The average Bonchev–Trinajstić information content (AvgIpc) is 2.83. The van der Waals surface area contributed by atoms with E-state index in [1.807, 2.05) is 13.1 Å². The van der Waals surface area contributed by atoms with Gasteiger partial charge in [0.15, 0.2) is 0 Å². The normalized spacial score (nSPS) is 10.9. The summed E-state index contributed by atoms with van der Waals surface area (Å²) in [5, 5.41) is 12.2. The minimum Gasteiger partial charge on any atom is -0.383 e. The zero-order chi connectivity index (χ0) is 11.5. The van der Waals surface area contributed by atoms with Crippen LogP contribution in [-0.2, 0) is 11.3 Å². The first-order valence-corrected chi connectivity index (χ1v) is 5.19. The van der Waals surface area contributed by atoms with Gasteiger partial charge in [-0.25, -0.2) is 0 Å². The molecule has 6 nitrogen and oxygen atoms in total. The Morgan fingerprint density at radius 3 is 2.88 bits per heavy atom. The van der Waals surface area contributed by atoms with Crippen LogP contribution < -0.4 is 0 Å². The van der Waals surface area contributed by atoms with E-state index in [2.05, 4.69) is 15.3 Å².